The van der Waals surface area contributed by atoms with Crippen molar-refractivity contribution in [2.24, 2.45) is 0 Å². The minimum absolute atomic E-state index is 0.0883. The highest BCUT2D eigenvalue weighted by Crippen LogP contribution is 2.29. The molecule has 1 amide bonds. The number of nitrogens with one attached hydrogen (secondary N) is 1. The van der Waals surface area contributed by atoms with Crippen LogP contribution >= 0.6 is 0 Å². The molecule has 0 fully saturated rings. The van der Waals surface area contributed by atoms with Crippen LogP contribution in [0.4, 0.5) is 5.69 Å². The van der Waals surface area contributed by atoms with Crippen molar-refractivity contribution in [1.29, 1.82) is 0 Å². The van der Waals surface area contributed by atoms with E-state index < -0.39 is 22.0 Å². The molecule has 2 aromatic rings. The van der Waals surface area contributed by atoms with E-state index in [0.717, 1.165) is 11.1 Å². The number of methoxy groups -OCH3 is 1. The van der Waals surface area contributed by atoms with Gasteiger partial charge in [0.05, 0.1) is 17.7 Å². The minimum atomic E-state index is -3.67. The van der Waals surface area contributed by atoms with Crippen molar-refractivity contribution in [2.45, 2.75) is 45.6 Å². The van der Waals surface area contributed by atoms with Gasteiger partial charge in [0, 0.05) is 13.1 Å². The lowest BCUT2D eigenvalue weighted by Crippen LogP contribution is -2.32. The van der Waals surface area contributed by atoms with Gasteiger partial charge in [-0.05, 0) is 56.2 Å². The molecule has 7 nitrogen and oxygen atoms in total. The Labute approximate surface area is 179 Å². The summed E-state index contributed by atoms with van der Waals surface area (Å²) < 4.78 is 38.1. The van der Waals surface area contributed by atoms with Gasteiger partial charge in [0.2, 0.25) is 10.0 Å². The number of sulfonamides is 1. The van der Waals surface area contributed by atoms with Gasteiger partial charge in [-0.25, -0.2) is 8.42 Å². The van der Waals surface area contributed by atoms with Crippen molar-refractivity contribution in [3.63, 3.8) is 0 Å². The summed E-state index contributed by atoms with van der Waals surface area (Å²) in [7, 11) is -2.21. The second-order valence-electron chi connectivity index (χ2n) is 6.97. The van der Waals surface area contributed by atoms with Crippen LogP contribution < -0.4 is 14.8 Å². The van der Waals surface area contributed by atoms with E-state index in [1.165, 1.54) is 29.6 Å². The second-order valence-corrected chi connectivity index (χ2v) is 8.91. The van der Waals surface area contributed by atoms with Crippen LogP contribution in [0.1, 0.15) is 31.9 Å². The summed E-state index contributed by atoms with van der Waals surface area (Å²) in [6.07, 6.45) is -0.793. The highest BCUT2D eigenvalue weighted by atomic mass is 32.2. The first-order valence-electron chi connectivity index (χ1n) is 9.87. The molecule has 1 atom stereocenters. The predicted molar refractivity (Wildman–Crippen MR) is 118 cm³/mol. The Balaban J connectivity index is 2.27. The van der Waals surface area contributed by atoms with Crippen LogP contribution in [0.2, 0.25) is 0 Å². The fourth-order valence-electron chi connectivity index (χ4n) is 2.97. The van der Waals surface area contributed by atoms with Crippen LogP contribution in [-0.4, -0.2) is 44.9 Å². The summed E-state index contributed by atoms with van der Waals surface area (Å²) in [4.78, 5) is 12.8. The Hall–Kier alpha value is -2.58. The summed E-state index contributed by atoms with van der Waals surface area (Å²) >= 11 is 0. The predicted octanol–water partition coefficient (Wildman–Crippen LogP) is 3.75. The molecule has 30 heavy (non-hydrogen) atoms. The Kier molecular flexibility index (Phi) is 7.86. The number of rotatable bonds is 9. The highest BCUT2D eigenvalue weighted by Gasteiger charge is 2.24. The molecule has 1 N–H and O–H groups in total. The van der Waals surface area contributed by atoms with Crippen LogP contribution in [-0.2, 0) is 14.8 Å². The lowest BCUT2D eigenvalue weighted by Gasteiger charge is -2.20. The third-order valence-corrected chi connectivity index (χ3v) is 6.83. The van der Waals surface area contributed by atoms with Gasteiger partial charge in [-0.2, -0.15) is 4.31 Å². The van der Waals surface area contributed by atoms with E-state index in [1.54, 1.807) is 20.8 Å². The number of carbonyl (C=O) groups is 1. The summed E-state index contributed by atoms with van der Waals surface area (Å²) in [5, 5.41) is 2.73. The summed E-state index contributed by atoms with van der Waals surface area (Å²) in [5.74, 6) is 0.579. The summed E-state index contributed by atoms with van der Waals surface area (Å²) in [6, 6.07) is 10.2. The highest BCUT2D eigenvalue weighted by molar-refractivity contribution is 7.89. The third-order valence-electron chi connectivity index (χ3n) is 4.79. The minimum Gasteiger partial charge on any atom is -0.495 e. The fraction of sp³-hybridized carbons (Fsp3) is 0.409. The number of aryl methyl sites for hydroxylation is 2. The van der Waals surface area contributed by atoms with Gasteiger partial charge in [0.25, 0.3) is 5.91 Å². The SMILES string of the molecule is CCN(CC)S(=O)(=O)c1ccc(OC)c(NC(=O)C(C)Oc2cc(C)ccc2C)c1. The number of amides is 1. The molecule has 0 aromatic heterocycles. The van der Waals surface area contributed by atoms with Crippen LogP contribution in [0.5, 0.6) is 11.5 Å². The molecule has 1 unspecified atom stereocenters. The molecule has 164 valence electrons. The molecule has 0 saturated carbocycles. The third kappa shape index (κ3) is 5.31. The fourth-order valence-corrected chi connectivity index (χ4v) is 4.46. The van der Waals surface area contributed by atoms with E-state index in [1.807, 2.05) is 32.0 Å². The maximum Gasteiger partial charge on any atom is 0.265 e. The van der Waals surface area contributed by atoms with Gasteiger partial charge in [-0.3, -0.25) is 4.79 Å². The molecule has 0 spiro atoms. The van der Waals surface area contributed by atoms with E-state index in [0.29, 0.717) is 24.6 Å². The number of nitrogens with zero attached hydrogens (tertiary/aromatic N) is 1. The van der Waals surface area contributed by atoms with E-state index in [-0.39, 0.29) is 10.6 Å². The number of hydrogen-bond donors (Lipinski definition) is 1. The average molecular weight is 435 g/mol. The molecule has 2 rings (SSSR count). The monoisotopic (exact) mass is 434 g/mol. The molecule has 0 aliphatic carbocycles. The van der Waals surface area contributed by atoms with Crippen LogP contribution in [0.15, 0.2) is 41.3 Å². The Bertz CT molecular complexity index is 1000. The van der Waals surface area contributed by atoms with E-state index in [2.05, 4.69) is 5.32 Å². The molecule has 8 heteroatoms. The van der Waals surface area contributed by atoms with Crippen molar-refractivity contribution >= 4 is 21.6 Å². The number of carbonyl (C=O) groups excluding carboxylic acids is 1. The lowest BCUT2D eigenvalue weighted by atomic mass is 10.1. The van der Waals surface area contributed by atoms with Crippen molar-refractivity contribution in [3.05, 3.63) is 47.5 Å². The zero-order valence-electron chi connectivity index (χ0n) is 18.4. The molecule has 2 aromatic carbocycles. The maximum atomic E-state index is 12.8. The number of hydrogen-bond acceptors (Lipinski definition) is 5. The zero-order chi connectivity index (χ0) is 22.5. The molecule has 0 saturated heterocycles. The van der Waals surface area contributed by atoms with E-state index in [9.17, 15) is 13.2 Å². The average Bonchev–Trinajstić information content (AvgIpc) is 2.71. The van der Waals surface area contributed by atoms with Gasteiger partial charge in [0.15, 0.2) is 6.10 Å². The first-order valence-corrected chi connectivity index (χ1v) is 11.3. The van der Waals surface area contributed by atoms with Gasteiger partial charge in [0.1, 0.15) is 11.5 Å². The molecule has 0 radical (unpaired) electrons. The van der Waals surface area contributed by atoms with E-state index >= 15 is 0 Å². The first kappa shape index (κ1) is 23.7. The molecule has 0 heterocycles. The smallest absolute Gasteiger partial charge is 0.265 e. The second kappa shape index (κ2) is 9.95. The standard InChI is InChI=1S/C22H30N2O5S/c1-7-24(8-2)30(26,27)18-11-12-20(28-6)19(14-18)23-22(25)17(5)29-21-13-15(3)9-10-16(21)4/h9-14,17H,7-8H2,1-6H3,(H,23,25). The van der Waals surface area contributed by atoms with E-state index in [4.69, 9.17) is 9.47 Å². The molecule has 0 aliphatic heterocycles. The molecule has 0 aliphatic rings. The first-order chi connectivity index (χ1) is 14.1. The largest absolute Gasteiger partial charge is 0.495 e. The van der Waals surface area contributed by atoms with Crippen molar-refractivity contribution in [3.8, 4) is 11.5 Å². The molecular formula is C22H30N2O5S. The number of benzene rings is 2. The quantitative estimate of drug-likeness (QED) is 0.650. The Morgan fingerprint density at radius 2 is 1.73 bits per heavy atom. The van der Waals surface area contributed by atoms with Gasteiger partial charge in [-0.15, -0.1) is 0 Å². The van der Waals surface area contributed by atoms with Gasteiger partial charge in [-0.1, -0.05) is 26.0 Å². The topological polar surface area (TPSA) is 84.9 Å². The maximum absolute atomic E-state index is 12.8. The van der Waals surface area contributed by atoms with Crippen molar-refractivity contribution < 1.29 is 22.7 Å². The van der Waals surface area contributed by atoms with Gasteiger partial charge < -0.3 is 14.8 Å². The van der Waals surface area contributed by atoms with Crippen molar-refractivity contribution in [2.75, 3.05) is 25.5 Å². The van der Waals surface area contributed by atoms with Crippen LogP contribution in [0, 0.1) is 13.8 Å². The number of ether oxygens (including phenoxy) is 2. The number of anilines is 1. The summed E-state index contributed by atoms with van der Waals surface area (Å²) in [5.41, 5.74) is 2.22. The van der Waals surface area contributed by atoms with Crippen LogP contribution in [0.25, 0.3) is 0 Å². The van der Waals surface area contributed by atoms with Gasteiger partial charge >= 0.3 is 0 Å². The lowest BCUT2D eigenvalue weighted by molar-refractivity contribution is -0.122. The molecule has 0 bridgehead atoms. The van der Waals surface area contributed by atoms with Crippen LogP contribution in [0.3, 0.4) is 0 Å². The molecular weight excluding hydrogens is 404 g/mol. The normalized spacial score (nSPS) is 12.5. The zero-order valence-corrected chi connectivity index (χ0v) is 19.2. The Morgan fingerprint density at radius 1 is 1.07 bits per heavy atom. The van der Waals surface area contributed by atoms with Crippen molar-refractivity contribution in [1.82, 2.24) is 4.31 Å². The Morgan fingerprint density at radius 3 is 2.33 bits per heavy atom. The summed E-state index contributed by atoms with van der Waals surface area (Å²) in [6.45, 7) is 9.76.